The van der Waals surface area contributed by atoms with Crippen LogP contribution in [0, 0.1) is 18.3 Å². The minimum Gasteiger partial charge on any atom is -0.472 e. The van der Waals surface area contributed by atoms with E-state index < -0.39 is 0 Å². The van der Waals surface area contributed by atoms with Crippen LogP contribution in [0.15, 0.2) is 35.4 Å². The van der Waals surface area contributed by atoms with Crippen LogP contribution in [-0.2, 0) is 7.05 Å². The summed E-state index contributed by atoms with van der Waals surface area (Å²) in [6, 6.07) is 6.73. The molecule has 1 aliphatic rings. The van der Waals surface area contributed by atoms with E-state index in [1.165, 1.54) is 10.8 Å². The number of nitrogens with one attached hydrogen (secondary N) is 1. The van der Waals surface area contributed by atoms with Gasteiger partial charge in [-0.05, 0) is 24.6 Å². The van der Waals surface area contributed by atoms with Crippen molar-refractivity contribution < 1.29 is 9.53 Å². The van der Waals surface area contributed by atoms with Crippen LogP contribution in [0.2, 0.25) is 0 Å². The fourth-order valence-electron chi connectivity index (χ4n) is 2.75. The average molecular weight is 353 g/mol. The van der Waals surface area contributed by atoms with Gasteiger partial charge in [0.1, 0.15) is 17.9 Å². The summed E-state index contributed by atoms with van der Waals surface area (Å²) >= 11 is 0. The van der Waals surface area contributed by atoms with Crippen LogP contribution in [0.3, 0.4) is 0 Å². The lowest BCUT2D eigenvalue weighted by Crippen LogP contribution is -2.36. The number of carbonyl (C=O) groups is 1. The van der Waals surface area contributed by atoms with E-state index in [0.29, 0.717) is 31.0 Å². The van der Waals surface area contributed by atoms with Gasteiger partial charge in [-0.25, -0.2) is 9.78 Å². The number of carbonyl (C=O) groups excluding carboxylic acids is 1. The molecule has 1 fully saturated rings. The predicted octanol–water partition coefficient (Wildman–Crippen LogP) is 1.65. The molecule has 26 heavy (non-hydrogen) atoms. The van der Waals surface area contributed by atoms with Crippen LogP contribution >= 0.6 is 0 Å². The van der Waals surface area contributed by atoms with Crippen LogP contribution < -0.4 is 15.6 Å². The van der Waals surface area contributed by atoms with E-state index in [4.69, 9.17) is 10.00 Å². The molecule has 3 heterocycles. The topological polar surface area (TPSA) is 100 Å². The zero-order chi connectivity index (χ0) is 18.7. The maximum absolute atomic E-state index is 12.5. The van der Waals surface area contributed by atoms with Gasteiger partial charge in [0, 0.05) is 38.5 Å². The monoisotopic (exact) mass is 353 g/mol. The van der Waals surface area contributed by atoms with E-state index in [1.54, 1.807) is 43.3 Å². The number of rotatable bonds is 3. The maximum Gasteiger partial charge on any atom is 0.322 e. The standard InChI is InChI=1S/C18H19N5O3/c1-12-5-7-22(2)17(24)16(12)21-18(25)23-8-6-14(11-23)26-15-4-3-13(9-19)10-20-15/h3-5,7,10,14H,6,8,11H2,1-2H3,(H,21,25). The van der Waals surface area contributed by atoms with Crippen molar-refractivity contribution in [2.75, 3.05) is 18.4 Å². The van der Waals surface area contributed by atoms with E-state index >= 15 is 0 Å². The van der Waals surface area contributed by atoms with Crippen molar-refractivity contribution >= 4 is 11.7 Å². The van der Waals surface area contributed by atoms with E-state index in [2.05, 4.69) is 10.3 Å². The summed E-state index contributed by atoms with van der Waals surface area (Å²) in [5.74, 6) is 0.420. The molecular formula is C18H19N5O3. The molecule has 2 aromatic rings. The molecule has 0 aromatic carbocycles. The molecule has 1 saturated heterocycles. The molecule has 1 atom stereocenters. The number of amides is 2. The molecule has 8 heteroatoms. The summed E-state index contributed by atoms with van der Waals surface area (Å²) in [5.41, 5.74) is 1.23. The number of hydrogen-bond donors (Lipinski definition) is 1. The zero-order valence-corrected chi connectivity index (χ0v) is 14.6. The first-order valence-electron chi connectivity index (χ1n) is 8.23. The number of likely N-dealkylation sites (tertiary alicyclic amines) is 1. The Balaban J connectivity index is 1.61. The third kappa shape index (κ3) is 3.67. The Morgan fingerprint density at radius 1 is 1.42 bits per heavy atom. The molecule has 8 nitrogen and oxygen atoms in total. The van der Waals surface area contributed by atoms with Gasteiger partial charge in [0.25, 0.3) is 5.56 Å². The maximum atomic E-state index is 12.5. The van der Waals surface area contributed by atoms with Crippen LogP contribution in [0.4, 0.5) is 10.5 Å². The number of nitrogens with zero attached hydrogens (tertiary/aromatic N) is 4. The van der Waals surface area contributed by atoms with Crippen LogP contribution in [0.1, 0.15) is 17.5 Å². The molecule has 0 saturated carbocycles. The Kier molecular flexibility index (Phi) is 4.89. The number of urea groups is 1. The van der Waals surface area contributed by atoms with Gasteiger partial charge in [-0.3, -0.25) is 4.79 Å². The number of pyridine rings is 2. The lowest BCUT2D eigenvalue weighted by atomic mass is 10.2. The molecule has 2 aromatic heterocycles. The highest BCUT2D eigenvalue weighted by Gasteiger charge is 2.28. The Hall–Kier alpha value is -3.34. The van der Waals surface area contributed by atoms with Gasteiger partial charge in [-0.15, -0.1) is 0 Å². The molecule has 0 radical (unpaired) electrons. The number of hydrogen-bond acceptors (Lipinski definition) is 5. The first kappa shape index (κ1) is 17.5. The summed E-state index contributed by atoms with van der Waals surface area (Å²) in [7, 11) is 1.64. The minimum absolute atomic E-state index is 0.180. The van der Waals surface area contributed by atoms with E-state index in [9.17, 15) is 9.59 Å². The summed E-state index contributed by atoms with van der Waals surface area (Å²) in [5, 5.41) is 11.5. The number of aryl methyl sites for hydroxylation is 2. The number of anilines is 1. The number of nitriles is 1. The van der Waals surface area contributed by atoms with Gasteiger partial charge < -0.3 is 19.5 Å². The molecule has 0 aliphatic carbocycles. The minimum atomic E-state index is -0.324. The van der Waals surface area contributed by atoms with E-state index in [0.717, 1.165) is 5.56 Å². The van der Waals surface area contributed by atoms with Crippen molar-refractivity contribution in [2.45, 2.75) is 19.4 Å². The van der Waals surface area contributed by atoms with Crippen molar-refractivity contribution in [3.8, 4) is 11.9 Å². The molecule has 2 amide bonds. The van der Waals surface area contributed by atoms with Gasteiger partial charge >= 0.3 is 6.03 Å². The van der Waals surface area contributed by atoms with Gasteiger partial charge in [0.2, 0.25) is 5.88 Å². The molecule has 134 valence electrons. The quantitative estimate of drug-likeness (QED) is 0.904. The van der Waals surface area contributed by atoms with Gasteiger partial charge in [0.05, 0.1) is 12.1 Å². The Bertz CT molecular complexity index is 914. The SMILES string of the molecule is Cc1ccn(C)c(=O)c1NC(=O)N1CCC(Oc2ccc(C#N)cn2)C1. The molecule has 1 aliphatic heterocycles. The van der Waals surface area contributed by atoms with E-state index in [-0.39, 0.29) is 23.4 Å². The fraction of sp³-hybridized carbons (Fsp3) is 0.333. The summed E-state index contributed by atoms with van der Waals surface area (Å²) in [4.78, 5) is 30.3. The Morgan fingerprint density at radius 3 is 2.92 bits per heavy atom. The van der Waals surface area contributed by atoms with Gasteiger partial charge in [-0.2, -0.15) is 5.26 Å². The van der Waals surface area contributed by atoms with Crippen molar-refractivity contribution in [1.82, 2.24) is 14.5 Å². The fourth-order valence-corrected chi connectivity index (χ4v) is 2.75. The van der Waals surface area contributed by atoms with Crippen LogP contribution in [0.25, 0.3) is 0 Å². The molecule has 0 bridgehead atoms. The molecule has 0 spiro atoms. The molecular weight excluding hydrogens is 334 g/mol. The van der Waals surface area contributed by atoms with Gasteiger partial charge in [-0.1, -0.05) is 0 Å². The van der Waals surface area contributed by atoms with Crippen molar-refractivity contribution in [2.24, 2.45) is 7.05 Å². The van der Waals surface area contributed by atoms with E-state index in [1.807, 2.05) is 6.07 Å². The predicted molar refractivity (Wildman–Crippen MR) is 95.0 cm³/mol. The second-order valence-electron chi connectivity index (χ2n) is 6.19. The Labute approximate surface area is 150 Å². The second-order valence-corrected chi connectivity index (χ2v) is 6.19. The lowest BCUT2D eigenvalue weighted by Gasteiger charge is -2.18. The highest BCUT2D eigenvalue weighted by molar-refractivity contribution is 5.90. The lowest BCUT2D eigenvalue weighted by molar-refractivity contribution is 0.190. The third-order valence-electron chi connectivity index (χ3n) is 4.29. The molecule has 3 rings (SSSR count). The smallest absolute Gasteiger partial charge is 0.322 e. The normalized spacial score (nSPS) is 16.2. The first-order chi connectivity index (χ1) is 12.5. The third-order valence-corrected chi connectivity index (χ3v) is 4.29. The first-order valence-corrected chi connectivity index (χ1v) is 8.23. The summed E-state index contributed by atoms with van der Waals surface area (Å²) in [6.45, 7) is 2.71. The highest BCUT2D eigenvalue weighted by Crippen LogP contribution is 2.18. The summed E-state index contributed by atoms with van der Waals surface area (Å²) in [6.07, 6.45) is 3.60. The van der Waals surface area contributed by atoms with Crippen LogP contribution in [-0.4, -0.2) is 39.7 Å². The largest absolute Gasteiger partial charge is 0.472 e. The molecule has 1 unspecified atom stereocenters. The molecule has 1 N–H and O–H groups in total. The zero-order valence-electron chi connectivity index (χ0n) is 14.6. The van der Waals surface area contributed by atoms with Gasteiger partial charge in [0.15, 0.2) is 0 Å². The van der Waals surface area contributed by atoms with Crippen LogP contribution in [0.5, 0.6) is 5.88 Å². The number of aromatic nitrogens is 2. The van der Waals surface area contributed by atoms with Crippen molar-refractivity contribution in [3.05, 3.63) is 52.1 Å². The van der Waals surface area contributed by atoms with Crippen molar-refractivity contribution in [3.63, 3.8) is 0 Å². The second kappa shape index (κ2) is 7.27. The highest BCUT2D eigenvalue weighted by atomic mass is 16.5. The average Bonchev–Trinajstić information content (AvgIpc) is 3.11. The summed E-state index contributed by atoms with van der Waals surface area (Å²) < 4.78 is 7.19. The Morgan fingerprint density at radius 2 is 2.23 bits per heavy atom. The van der Waals surface area contributed by atoms with Crippen molar-refractivity contribution in [1.29, 1.82) is 5.26 Å². The number of ether oxygens (including phenoxy) is 1.